The average Bonchev–Trinajstić information content (AvgIpc) is 2.56. The summed E-state index contributed by atoms with van der Waals surface area (Å²) in [6.45, 7) is 5.99. The molecule has 4 heteroatoms. The highest BCUT2D eigenvalue weighted by Crippen LogP contribution is 2.28. The van der Waals surface area contributed by atoms with Crippen molar-refractivity contribution in [2.45, 2.75) is 24.9 Å². The summed E-state index contributed by atoms with van der Waals surface area (Å²) in [6.07, 6.45) is 2.63. The molecule has 2 heterocycles. The molecule has 22 heavy (non-hydrogen) atoms. The zero-order valence-electron chi connectivity index (χ0n) is 14.2. The number of hydrogen-bond donors (Lipinski definition) is 0. The lowest BCUT2D eigenvalue weighted by Gasteiger charge is -2.45. The van der Waals surface area contributed by atoms with E-state index in [2.05, 4.69) is 53.1 Å². The average molecular weight is 303 g/mol. The van der Waals surface area contributed by atoms with Crippen molar-refractivity contribution in [1.29, 1.82) is 0 Å². The number of piperazine rings is 1. The van der Waals surface area contributed by atoms with E-state index in [1.54, 1.807) is 7.11 Å². The molecule has 2 saturated heterocycles. The van der Waals surface area contributed by atoms with E-state index in [9.17, 15) is 0 Å². The lowest BCUT2D eigenvalue weighted by Crippen LogP contribution is -2.53. The van der Waals surface area contributed by atoms with Crippen molar-refractivity contribution in [3.05, 3.63) is 29.8 Å². The Kier molecular flexibility index (Phi) is 5.01. The van der Waals surface area contributed by atoms with Crippen molar-refractivity contribution in [3.63, 3.8) is 0 Å². The lowest BCUT2D eigenvalue weighted by molar-refractivity contribution is 0.0399. The molecule has 0 aromatic heterocycles. The van der Waals surface area contributed by atoms with Crippen molar-refractivity contribution >= 4 is 0 Å². The molecule has 0 radical (unpaired) electrons. The molecule has 3 rings (SSSR count). The number of hydrogen-bond acceptors (Lipinski definition) is 4. The molecule has 0 bridgehead atoms. The Labute approximate surface area is 134 Å². The van der Waals surface area contributed by atoms with Crippen molar-refractivity contribution in [1.82, 2.24) is 14.7 Å². The van der Waals surface area contributed by atoms with E-state index in [0.717, 1.165) is 24.9 Å². The molecule has 0 spiro atoms. The van der Waals surface area contributed by atoms with Crippen LogP contribution in [0.1, 0.15) is 24.4 Å². The number of benzene rings is 1. The van der Waals surface area contributed by atoms with Crippen LogP contribution in [0.2, 0.25) is 0 Å². The maximum Gasteiger partial charge on any atom is 0.118 e. The first-order valence-corrected chi connectivity index (χ1v) is 8.44. The fourth-order valence-corrected chi connectivity index (χ4v) is 3.77. The number of nitrogens with zero attached hydrogens (tertiary/aromatic N) is 3. The highest BCUT2D eigenvalue weighted by molar-refractivity contribution is 5.29. The minimum atomic E-state index is 0.499. The van der Waals surface area contributed by atoms with E-state index in [0.29, 0.717) is 6.04 Å². The Balaban J connectivity index is 1.67. The van der Waals surface area contributed by atoms with Gasteiger partial charge in [-0.25, -0.2) is 0 Å². The molecule has 0 aliphatic carbocycles. The molecule has 1 aromatic rings. The number of rotatable bonds is 3. The van der Waals surface area contributed by atoms with Gasteiger partial charge in [-0.3, -0.25) is 9.80 Å². The Bertz CT molecular complexity index is 468. The topological polar surface area (TPSA) is 19.0 Å². The summed E-state index contributed by atoms with van der Waals surface area (Å²) in [5, 5.41) is 0. The van der Waals surface area contributed by atoms with E-state index in [4.69, 9.17) is 4.74 Å². The second-order valence-corrected chi connectivity index (χ2v) is 6.80. The van der Waals surface area contributed by atoms with Crippen LogP contribution in [0.5, 0.6) is 5.75 Å². The first-order valence-electron chi connectivity index (χ1n) is 8.44. The van der Waals surface area contributed by atoms with Gasteiger partial charge in [-0.15, -0.1) is 0 Å². The summed E-state index contributed by atoms with van der Waals surface area (Å²) >= 11 is 0. The smallest absolute Gasteiger partial charge is 0.118 e. The standard InChI is InChI=1S/C18H29N3O/c1-19-10-8-16(9-11-19)21-13-12-20(2)18(14-21)15-4-6-17(22-3)7-5-15/h4-7,16,18H,8-14H2,1-3H3/t18-/m1/s1. The number of likely N-dealkylation sites (N-methyl/N-ethyl adjacent to an activating group) is 1. The highest BCUT2D eigenvalue weighted by atomic mass is 16.5. The van der Waals surface area contributed by atoms with Crippen molar-refractivity contribution in [3.8, 4) is 5.75 Å². The summed E-state index contributed by atoms with van der Waals surface area (Å²) in [4.78, 5) is 7.67. The molecular formula is C18H29N3O. The normalized spacial score (nSPS) is 26.2. The van der Waals surface area contributed by atoms with Gasteiger partial charge in [0.25, 0.3) is 0 Å². The summed E-state index contributed by atoms with van der Waals surface area (Å²) in [6, 6.07) is 9.87. The molecular weight excluding hydrogens is 274 g/mol. The first-order chi connectivity index (χ1) is 10.7. The monoisotopic (exact) mass is 303 g/mol. The quantitative estimate of drug-likeness (QED) is 0.851. The van der Waals surface area contributed by atoms with Crippen molar-refractivity contribution in [2.24, 2.45) is 0 Å². The molecule has 122 valence electrons. The van der Waals surface area contributed by atoms with Gasteiger partial charge in [0.05, 0.1) is 7.11 Å². The molecule has 2 aliphatic rings. The van der Waals surface area contributed by atoms with E-state index in [1.807, 2.05) is 0 Å². The van der Waals surface area contributed by atoms with Gasteiger partial charge < -0.3 is 9.64 Å². The van der Waals surface area contributed by atoms with Gasteiger partial charge in [-0.05, 0) is 57.7 Å². The van der Waals surface area contributed by atoms with Gasteiger partial charge in [0.2, 0.25) is 0 Å². The van der Waals surface area contributed by atoms with Gasteiger partial charge in [0.1, 0.15) is 5.75 Å². The minimum Gasteiger partial charge on any atom is -0.497 e. The van der Waals surface area contributed by atoms with Crippen LogP contribution in [0.3, 0.4) is 0 Å². The van der Waals surface area contributed by atoms with Crippen LogP contribution in [-0.4, -0.2) is 74.7 Å². The van der Waals surface area contributed by atoms with Crippen LogP contribution in [-0.2, 0) is 0 Å². The van der Waals surface area contributed by atoms with Crippen LogP contribution >= 0.6 is 0 Å². The number of ether oxygens (including phenoxy) is 1. The Morgan fingerprint density at radius 3 is 2.27 bits per heavy atom. The van der Waals surface area contributed by atoms with Gasteiger partial charge in [-0.1, -0.05) is 12.1 Å². The SMILES string of the molecule is COc1ccc([C@H]2CN(C3CCN(C)CC3)CCN2C)cc1. The third kappa shape index (κ3) is 3.45. The van der Waals surface area contributed by atoms with E-state index in [1.165, 1.54) is 38.0 Å². The molecule has 1 atom stereocenters. The highest BCUT2D eigenvalue weighted by Gasteiger charge is 2.31. The van der Waals surface area contributed by atoms with E-state index >= 15 is 0 Å². The summed E-state index contributed by atoms with van der Waals surface area (Å²) in [7, 11) is 6.21. The fraction of sp³-hybridized carbons (Fsp3) is 0.667. The van der Waals surface area contributed by atoms with E-state index < -0.39 is 0 Å². The molecule has 0 N–H and O–H groups in total. The Morgan fingerprint density at radius 2 is 1.64 bits per heavy atom. The molecule has 0 unspecified atom stereocenters. The summed E-state index contributed by atoms with van der Waals surface area (Å²) in [5.41, 5.74) is 1.40. The van der Waals surface area contributed by atoms with Gasteiger partial charge in [0, 0.05) is 31.7 Å². The summed E-state index contributed by atoms with van der Waals surface area (Å²) < 4.78 is 5.28. The fourth-order valence-electron chi connectivity index (χ4n) is 3.77. The second-order valence-electron chi connectivity index (χ2n) is 6.80. The second kappa shape index (κ2) is 6.99. The van der Waals surface area contributed by atoms with Crippen LogP contribution in [0.25, 0.3) is 0 Å². The lowest BCUT2D eigenvalue weighted by atomic mass is 9.98. The predicted molar refractivity (Wildman–Crippen MR) is 90.5 cm³/mol. The number of piperidine rings is 1. The van der Waals surface area contributed by atoms with Crippen LogP contribution in [0.15, 0.2) is 24.3 Å². The van der Waals surface area contributed by atoms with Crippen LogP contribution in [0.4, 0.5) is 0 Å². The van der Waals surface area contributed by atoms with Crippen LogP contribution in [0, 0.1) is 0 Å². The summed E-state index contributed by atoms with van der Waals surface area (Å²) in [5.74, 6) is 0.939. The van der Waals surface area contributed by atoms with Gasteiger partial charge >= 0.3 is 0 Å². The zero-order valence-corrected chi connectivity index (χ0v) is 14.2. The molecule has 1 aromatic carbocycles. The van der Waals surface area contributed by atoms with Crippen molar-refractivity contribution in [2.75, 3.05) is 53.9 Å². The minimum absolute atomic E-state index is 0.499. The number of methoxy groups -OCH3 is 1. The third-order valence-corrected chi connectivity index (χ3v) is 5.38. The predicted octanol–water partition coefficient (Wildman–Crippen LogP) is 2.08. The van der Waals surface area contributed by atoms with Crippen LogP contribution < -0.4 is 4.74 Å². The third-order valence-electron chi connectivity index (χ3n) is 5.38. The van der Waals surface area contributed by atoms with Crippen molar-refractivity contribution < 1.29 is 4.74 Å². The van der Waals surface area contributed by atoms with E-state index in [-0.39, 0.29) is 0 Å². The molecule has 2 fully saturated rings. The first kappa shape index (κ1) is 15.8. The Hall–Kier alpha value is -1.10. The van der Waals surface area contributed by atoms with Gasteiger partial charge in [-0.2, -0.15) is 0 Å². The maximum absolute atomic E-state index is 5.28. The molecule has 4 nitrogen and oxygen atoms in total. The molecule has 2 aliphatic heterocycles. The Morgan fingerprint density at radius 1 is 0.955 bits per heavy atom. The largest absolute Gasteiger partial charge is 0.497 e. The van der Waals surface area contributed by atoms with Gasteiger partial charge in [0.15, 0.2) is 0 Å². The maximum atomic E-state index is 5.28. The molecule has 0 saturated carbocycles. The number of likely N-dealkylation sites (tertiary alicyclic amines) is 1. The molecule has 0 amide bonds. The zero-order chi connectivity index (χ0) is 15.5.